The lowest BCUT2D eigenvalue weighted by atomic mass is 10.1. The zero-order chi connectivity index (χ0) is 16.7. The largest absolute Gasteiger partial charge is 0.497 e. The van der Waals surface area contributed by atoms with Crippen LogP contribution in [0.25, 0.3) is 0 Å². The molecule has 0 unspecified atom stereocenters. The summed E-state index contributed by atoms with van der Waals surface area (Å²) >= 11 is 0. The predicted octanol–water partition coefficient (Wildman–Crippen LogP) is 0.735. The molecule has 0 bridgehead atoms. The fourth-order valence-corrected chi connectivity index (χ4v) is 1.82. The molecule has 0 aliphatic rings. The van der Waals surface area contributed by atoms with Crippen molar-refractivity contribution in [3.05, 3.63) is 36.0 Å². The molecule has 0 spiro atoms. The summed E-state index contributed by atoms with van der Waals surface area (Å²) in [5.41, 5.74) is 1.07. The summed E-state index contributed by atoms with van der Waals surface area (Å²) in [5, 5.41) is 21.3. The second-order valence-electron chi connectivity index (χ2n) is 4.63. The van der Waals surface area contributed by atoms with Crippen LogP contribution in [-0.2, 0) is 17.8 Å². The summed E-state index contributed by atoms with van der Waals surface area (Å²) in [5.74, 6) is -0.0896. The molecule has 2 aromatic rings. The van der Waals surface area contributed by atoms with Crippen molar-refractivity contribution in [2.75, 3.05) is 19.0 Å². The molecule has 9 heteroatoms. The first kappa shape index (κ1) is 16.3. The highest BCUT2D eigenvalue weighted by Crippen LogP contribution is 2.11. The van der Waals surface area contributed by atoms with Gasteiger partial charge in [-0.1, -0.05) is 12.1 Å². The molecule has 9 nitrogen and oxygen atoms in total. The zero-order valence-corrected chi connectivity index (χ0v) is 12.5. The lowest BCUT2D eigenvalue weighted by Gasteiger charge is -2.06. The van der Waals surface area contributed by atoms with Crippen molar-refractivity contribution >= 4 is 17.8 Å². The van der Waals surface area contributed by atoms with E-state index in [1.807, 2.05) is 24.3 Å². The van der Waals surface area contributed by atoms with E-state index in [9.17, 15) is 9.59 Å². The van der Waals surface area contributed by atoms with E-state index in [1.54, 1.807) is 7.11 Å². The lowest BCUT2D eigenvalue weighted by Crippen LogP contribution is -2.30. The number of aromatic nitrogens is 3. The van der Waals surface area contributed by atoms with Gasteiger partial charge in [0.05, 0.1) is 13.3 Å². The zero-order valence-electron chi connectivity index (χ0n) is 12.5. The summed E-state index contributed by atoms with van der Waals surface area (Å²) in [6, 6.07) is 7.14. The van der Waals surface area contributed by atoms with Gasteiger partial charge in [-0.15, -0.1) is 5.10 Å². The van der Waals surface area contributed by atoms with E-state index in [0.29, 0.717) is 13.0 Å². The Hall–Kier alpha value is -3.10. The molecule has 0 aliphatic heterocycles. The van der Waals surface area contributed by atoms with Crippen molar-refractivity contribution in [3.8, 4) is 5.75 Å². The maximum Gasteiger partial charge on any atom is 0.327 e. The van der Waals surface area contributed by atoms with E-state index in [4.69, 9.17) is 9.84 Å². The highest BCUT2D eigenvalue weighted by molar-refractivity contribution is 5.87. The van der Waals surface area contributed by atoms with Gasteiger partial charge in [-0.3, -0.25) is 10.1 Å². The van der Waals surface area contributed by atoms with Crippen LogP contribution >= 0.6 is 0 Å². The first-order valence-electron chi connectivity index (χ1n) is 6.86. The number of nitrogens with one attached hydrogen (secondary N) is 2. The first-order valence-corrected chi connectivity index (χ1v) is 6.86. The van der Waals surface area contributed by atoms with Gasteiger partial charge in [0.15, 0.2) is 12.4 Å². The van der Waals surface area contributed by atoms with Gasteiger partial charge in [0, 0.05) is 6.54 Å². The van der Waals surface area contributed by atoms with Crippen molar-refractivity contribution in [2.24, 2.45) is 0 Å². The smallest absolute Gasteiger partial charge is 0.327 e. The molecule has 3 N–H and O–H groups in total. The van der Waals surface area contributed by atoms with Gasteiger partial charge in [0.1, 0.15) is 5.75 Å². The number of anilines is 1. The Kier molecular flexibility index (Phi) is 5.50. The average molecular weight is 319 g/mol. The SMILES string of the molecule is COc1ccc(CCNC(=O)Nc2cnn(CC(=O)O)n2)cc1. The fourth-order valence-electron chi connectivity index (χ4n) is 1.82. The Morgan fingerprint density at radius 3 is 2.70 bits per heavy atom. The molecule has 122 valence electrons. The minimum atomic E-state index is -1.06. The number of ether oxygens (including phenoxy) is 1. The second-order valence-corrected chi connectivity index (χ2v) is 4.63. The van der Waals surface area contributed by atoms with Gasteiger partial charge >= 0.3 is 12.0 Å². The average Bonchev–Trinajstić information content (AvgIpc) is 2.94. The minimum absolute atomic E-state index is 0.188. The molecule has 0 saturated carbocycles. The Bertz CT molecular complexity index is 668. The molecule has 1 aromatic heterocycles. The van der Waals surface area contributed by atoms with Gasteiger partial charge in [-0.25, -0.2) is 4.79 Å². The molecule has 23 heavy (non-hydrogen) atoms. The summed E-state index contributed by atoms with van der Waals surface area (Å²) < 4.78 is 5.07. The van der Waals surface area contributed by atoms with Crippen LogP contribution in [0.2, 0.25) is 0 Å². The van der Waals surface area contributed by atoms with E-state index < -0.39 is 12.0 Å². The van der Waals surface area contributed by atoms with Crippen molar-refractivity contribution in [3.63, 3.8) is 0 Å². The fraction of sp³-hybridized carbons (Fsp3) is 0.286. The number of carboxylic acids is 1. The number of carboxylic acid groups (broad SMARTS) is 1. The predicted molar refractivity (Wildman–Crippen MR) is 81.4 cm³/mol. The number of carbonyl (C=O) groups excluding carboxylic acids is 1. The van der Waals surface area contributed by atoms with Crippen molar-refractivity contribution < 1.29 is 19.4 Å². The van der Waals surface area contributed by atoms with Crippen molar-refractivity contribution in [1.82, 2.24) is 20.3 Å². The molecule has 1 aromatic carbocycles. The quantitative estimate of drug-likeness (QED) is 0.692. The lowest BCUT2D eigenvalue weighted by molar-refractivity contribution is -0.138. The number of amides is 2. The number of rotatable bonds is 7. The highest BCUT2D eigenvalue weighted by Gasteiger charge is 2.07. The Morgan fingerprint density at radius 1 is 1.30 bits per heavy atom. The number of hydrogen-bond acceptors (Lipinski definition) is 5. The van der Waals surface area contributed by atoms with Crippen LogP contribution in [0.15, 0.2) is 30.5 Å². The van der Waals surface area contributed by atoms with Crippen LogP contribution in [0.5, 0.6) is 5.75 Å². The van der Waals surface area contributed by atoms with Crippen LogP contribution in [0, 0.1) is 0 Å². The Labute approximate surface area is 132 Å². The van der Waals surface area contributed by atoms with Gasteiger partial charge in [-0.05, 0) is 24.1 Å². The standard InChI is InChI=1S/C14H17N5O4/c1-23-11-4-2-10(3-5-11)6-7-15-14(22)17-12-8-16-19(18-12)9-13(20)21/h2-5,8H,6-7,9H2,1H3,(H,20,21)(H2,15,17,18,22). The number of aliphatic carboxylic acids is 1. The first-order chi connectivity index (χ1) is 11.1. The minimum Gasteiger partial charge on any atom is -0.497 e. The third-order valence-electron chi connectivity index (χ3n) is 2.91. The number of benzene rings is 1. The van der Waals surface area contributed by atoms with Crippen LogP contribution in [-0.4, -0.2) is 45.8 Å². The summed E-state index contributed by atoms with van der Waals surface area (Å²) in [4.78, 5) is 23.2. The third-order valence-corrected chi connectivity index (χ3v) is 2.91. The van der Waals surface area contributed by atoms with E-state index in [2.05, 4.69) is 20.8 Å². The van der Waals surface area contributed by atoms with E-state index in [-0.39, 0.29) is 12.4 Å². The summed E-state index contributed by atoms with van der Waals surface area (Å²) in [6.07, 6.45) is 1.95. The molecule has 2 rings (SSSR count). The number of nitrogens with zero attached hydrogens (tertiary/aromatic N) is 3. The van der Waals surface area contributed by atoms with E-state index in [1.165, 1.54) is 6.20 Å². The topological polar surface area (TPSA) is 118 Å². The van der Waals surface area contributed by atoms with Gasteiger partial charge in [0.25, 0.3) is 0 Å². The van der Waals surface area contributed by atoms with Crippen LogP contribution < -0.4 is 15.4 Å². The van der Waals surface area contributed by atoms with Crippen molar-refractivity contribution in [1.29, 1.82) is 0 Å². The highest BCUT2D eigenvalue weighted by atomic mass is 16.5. The molecular formula is C14H17N5O4. The van der Waals surface area contributed by atoms with Crippen LogP contribution in [0.4, 0.5) is 10.6 Å². The number of urea groups is 1. The monoisotopic (exact) mass is 319 g/mol. The van der Waals surface area contributed by atoms with Gasteiger partial charge in [0.2, 0.25) is 0 Å². The number of hydrogen-bond donors (Lipinski definition) is 3. The maximum atomic E-state index is 11.7. The normalized spacial score (nSPS) is 10.1. The van der Waals surface area contributed by atoms with Crippen LogP contribution in [0.3, 0.4) is 0 Å². The third kappa shape index (κ3) is 5.30. The summed E-state index contributed by atoms with van der Waals surface area (Å²) in [7, 11) is 1.60. The van der Waals surface area contributed by atoms with Crippen LogP contribution in [0.1, 0.15) is 5.56 Å². The number of carbonyl (C=O) groups is 2. The maximum absolute atomic E-state index is 11.7. The number of methoxy groups -OCH3 is 1. The van der Waals surface area contributed by atoms with Gasteiger partial charge in [-0.2, -0.15) is 9.90 Å². The molecule has 2 amide bonds. The van der Waals surface area contributed by atoms with E-state index >= 15 is 0 Å². The van der Waals surface area contributed by atoms with Crippen molar-refractivity contribution in [2.45, 2.75) is 13.0 Å². The molecule has 0 fully saturated rings. The summed E-state index contributed by atoms with van der Waals surface area (Å²) in [6.45, 7) is 0.0855. The van der Waals surface area contributed by atoms with Gasteiger partial charge < -0.3 is 15.2 Å². The Balaban J connectivity index is 1.74. The molecule has 1 heterocycles. The Morgan fingerprint density at radius 2 is 2.04 bits per heavy atom. The molecule has 0 radical (unpaired) electrons. The molecule has 0 saturated heterocycles. The molecule has 0 aliphatic carbocycles. The molecular weight excluding hydrogens is 302 g/mol. The van der Waals surface area contributed by atoms with E-state index in [0.717, 1.165) is 16.1 Å². The second kappa shape index (κ2) is 7.78. The molecule has 0 atom stereocenters.